The van der Waals surface area contributed by atoms with E-state index in [-0.39, 0.29) is 0 Å². The molecule has 0 aromatic heterocycles. The van der Waals surface area contributed by atoms with Crippen molar-refractivity contribution in [1.29, 1.82) is 0 Å². The Bertz CT molecular complexity index is 103. The Kier molecular flexibility index (Phi) is 5.13. The Labute approximate surface area is 67.6 Å². The van der Waals surface area contributed by atoms with Gasteiger partial charge >= 0.3 is 66.7 Å². The SMILES string of the molecule is CCC[PH](O)(O)C(OC)OC. The molecule has 70 valence electrons. The van der Waals surface area contributed by atoms with Crippen molar-refractivity contribution in [2.75, 3.05) is 20.4 Å². The van der Waals surface area contributed by atoms with Crippen molar-refractivity contribution in [2.24, 2.45) is 0 Å². The van der Waals surface area contributed by atoms with Crippen molar-refractivity contribution < 1.29 is 19.3 Å². The van der Waals surface area contributed by atoms with Gasteiger partial charge in [-0.15, -0.1) is 0 Å². The molecule has 2 N–H and O–H groups in total. The zero-order valence-corrected chi connectivity index (χ0v) is 8.20. The van der Waals surface area contributed by atoms with E-state index in [0.29, 0.717) is 6.16 Å². The topological polar surface area (TPSA) is 58.9 Å². The van der Waals surface area contributed by atoms with Crippen LogP contribution in [0.5, 0.6) is 0 Å². The Morgan fingerprint density at radius 2 is 1.73 bits per heavy atom. The molecule has 0 fully saturated rings. The van der Waals surface area contributed by atoms with Crippen LogP contribution in [0.4, 0.5) is 0 Å². The van der Waals surface area contributed by atoms with E-state index in [1.165, 1.54) is 14.2 Å². The molecule has 0 bridgehead atoms. The fraction of sp³-hybridized carbons (Fsp3) is 1.00. The fourth-order valence-corrected chi connectivity index (χ4v) is 2.69. The summed E-state index contributed by atoms with van der Waals surface area (Å²) in [7, 11) is -0.476. The molecule has 5 heteroatoms. The van der Waals surface area contributed by atoms with Gasteiger partial charge in [-0.1, -0.05) is 0 Å². The average Bonchev–Trinajstić information content (AvgIpc) is 1.89. The number of rotatable bonds is 5. The maximum absolute atomic E-state index is 9.42. The van der Waals surface area contributed by atoms with Crippen LogP contribution in [0.1, 0.15) is 13.3 Å². The molecule has 0 aliphatic rings. The third kappa shape index (κ3) is 3.45. The number of hydrogen-bond donors (Lipinski definition) is 2. The molecular weight excluding hydrogens is 167 g/mol. The van der Waals surface area contributed by atoms with Gasteiger partial charge in [0.25, 0.3) is 0 Å². The minimum absolute atomic E-state index is 0.374. The van der Waals surface area contributed by atoms with Crippen LogP contribution in [0.2, 0.25) is 0 Å². The first-order chi connectivity index (χ1) is 5.08. The molecule has 0 unspecified atom stereocenters. The summed E-state index contributed by atoms with van der Waals surface area (Å²) in [6, 6.07) is -0.831. The van der Waals surface area contributed by atoms with Crippen LogP contribution < -0.4 is 0 Å². The first kappa shape index (κ1) is 11.3. The van der Waals surface area contributed by atoms with E-state index in [1.807, 2.05) is 6.92 Å². The van der Waals surface area contributed by atoms with Crippen LogP contribution in [0, 0.1) is 0 Å². The molecule has 0 aliphatic carbocycles. The number of hydrogen-bond acceptors (Lipinski definition) is 4. The summed E-state index contributed by atoms with van der Waals surface area (Å²) in [5, 5.41) is 0. The van der Waals surface area contributed by atoms with Gasteiger partial charge in [-0.3, -0.25) is 0 Å². The molecular formula is C6H17O4P. The monoisotopic (exact) mass is 184 g/mol. The molecule has 0 aromatic rings. The second-order valence-corrected chi connectivity index (χ2v) is 5.16. The van der Waals surface area contributed by atoms with E-state index >= 15 is 0 Å². The van der Waals surface area contributed by atoms with Gasteiger partial charge in [0.05, 0.1) is 0 Å². The van der Waals surface area contributed by atoms with Gasteiger partial charge in [-0.2, -0.15) is 0 Å². The summed E-state index contributed by atoms with van der Waals surface area (Å²) in [6.07, 6.45) is 1.10. The molecule has 11 heavy (non-hydrogen) atoms. The van der Waals surface area contributed by atoms with Crippen molar-refractivity contribution in [2.45, 2.75) is 19.4 Å². The Hall–Kier alpha value is 0.270. The fourth-order valence-electron chi connectivity index (χ4n) is 0.960. The molecule has 4 nitrogen and oxygen atoms in total. The van der Waals surface area contributed by atoms with Crippen molar-refractivity contribution in [3.8, 4) is 0 Å². The third-order valence-corrected chi connectivity index (χ3v) is 3.89. The van der Waals surface area contributed by atoms with Crippen molar-refractivity contribution in [1.82, 2.24) is 0 Å². The summed E-state index contributed by atoms with van der Waals surface area (Å²) in [5.41, 5.74) is 0. The van der Waals surface area contributed by atoms with E-state index in [4.69, 9.17) is 9.47 Å². The third-order valence-electron chi connectivity index (χ3n) is 1.42. The van der Waals surface area contributed by atoms with Crippen LogP contribution in [0.3, 0.4) is 0 Å². The summed E-state index contributed by atoms with van der Waals surface area (Å²) in [4.78, 5) is 18.8. The molecule has 0 spiro atoms. The van der Waals surface area contributed by atoms with Crippen LogP contribution in [0.25, 0.3) is 0 Å². The minimum atomic E-state index is -3.28. The van der Waals surface area contributed by atoms with E-state index in [9.17, 15) is 9.79 Å². The second-order valence-electron chi connectivity index (χ2n) is 2.43. The first-order valence-electron chi connectivity index (χ1n) is 3.58. The van der Waals surface area contributed by atoms with Crippen molar-refractivity contribution in [3.05, 3.63) is 0 Å². The summed E-state index contributed by atoms with van der Waals surface area (Å²) < 4.78 is 9.51. The predicted molar refractivity (Wildman–Crippen MR) is 45.7 cm³/mol. The van der Waals surface area contributed by atoms with Crippen molar-refractivity contribution in [3.63, 3.8) is 0 Å². The van der Waals surface area contributed by atoms with Gasteiger partial charge in [-0.05, 0) is 0 Å². The van der Waals surface area contributed by atoms with E-state index < -0.39 is 13.7 Å². The zero-order chi connectivity index (χ0) is 8.91. The van der Waals surface area contributed by atoms with Crippen LogP contribution in [0.15, 0.2) is 0 Å². The van der Waals surface area contributed by atoms with Gasteiger partial charge in [0.1, 0.15) is 0 Å². The van der Waals surface area contributed by atoms with E-state index in [0.717, 1.165) is 6.42 Å². The van der Waals surface area contributed by atoms with Crippen LogP contribution in [-0.2, 0) is 9.47 Å². The van der Waals surface area contributed by atoms with Gasteiger partial charge in [-0.25, -0.2) is 0 Å². The standard InChI is InChI=1S/C6H17O4P/c1-4-5-11(7,8)6(9-2)10-3/h6-8,11H,4-5H2,1-3H3. The van der Waals surface area contributed by atoms with Crippen LogP contribution in [-0.4, -0.2) is 36.2 Å². The van der Waals surface area contributed by atoms with Crippen LogP contribution >= 0.6 is 7.72 Å². The molecule has 0 aliphatic heterocycles. The quantitative estimate of drug-likeness (QED) is 0.483. The first-order valence-corrected chi connectivity index (χ1v) is 5.76. The summed E-state index contributed by atoms with van der Waals surface area (Å²) >= 11 is 0. The molecule has 0 atom stereocenters. The molecule has 0 aromatic carbocycles. The number of ether oxygens (including phenoxy) is 2. The van der Waals surface area contributed by atoms with Gasteiger partial charge < -0.3 is 0 Å². The molecule has 0 radical (unpaired) electrons. The normalized spacial score (nSPS) is 14.0. The molecule has 0 heterocycles. The Balaban J connectivity index is 4.00. The zero-order valence-electron chi connectivity index (χ0n) is 7.20. The van der Waals surface area contributed by atoms with E-state index in [1.54, 1.807) is 0 Å². The van der Waals surface area contributed by atoms with E-state index in [2.05, 4.69) is 0 Å². The van der Waals surface area contributed by atoms with Crippen molar-refractivity contribution >= 4 is 7.72 Å². The summed E-state index contributed by atoms with van der Waals surface area (Å²) in [5.74, 6) is 0. The van der Waals surface area contributed by atoms with Gasteiger partial charge in [0.2, 0.25) is 0 Å². The molecule has 0 rings (SSSR count). The number of methoxy groups -OCH3 is 2. The van der Waals surface area contributed by atoms with Gasteiger partial charge in [0, 0.05) is 0 Å². The van der Waals surface area contributed by atoms with Gasteiger partial charge in [0.15, 0.2) is 0 Å². The maximum atomic E-state index is 9.42. The Morgan fingerprint density at radius 1 is 1.27 bits per heavy atom. The second kappa shape index (κ2) is 5.01. The Morgan fingerprint density at radius 3 is 2.00 bits per heavy atom. The summed E-state index contributed by atoms with van der Waals surface area (Å²) in [6.45, 7) is 1.89. The average molecular weight is 184 g/mol. The predicted octanol–water partition coefficient (Wildman–Crippen LogP) is 0.537. The molecule has 0 amide bonds. The molecule has 0 saturated heterocycles. The molecule has 0 saturated carbocycles.